The quantitative estimate of drug-likeness (QED) is 0.891. The summed E-state index contributed by atoms with van der Waals surface area (Å²) in [6.45, 7) is 5.93. The van der Waals surface area contributed by atoms with Crippen molar-refractivity contribution in [2.24, 2.45) is 0 Å². The van der Waals surface area contributed by atoms with Crippen molar-refractivity contribution in [1.82, 2.24) is 20.1 Å². The zero-order valence-corrected chi connectivity index (χ0v) is 11.6. The molecule has 4 heteroatoms. The smallest absolute Gasteiger partial charge is 0.141 e. The maximum Gasteiger partial charge on any atom is 0.141 e. The minimum atomic E-state index is 0.699. The van der Waals surface area contributed by atoms with Crippen LogP contribution in [0.4, 0.5) is 0 Å². The van der Waals surface area contributed by atoms with Crippen LogP contribution < -0.4 is 5.32 Å². The Labute approximate surface area is 113 Å². The molecule has 1 aliphatic rings. The summed E-state index contributed by atoms with van der Waals surface area (Å²) in [4.78, 5) is 4.36. The maximum atomic E-state index is 4.36. The molecule has 4 nitrogen and oxygen atoms in total. The molecule has 1 saturated carbocycles. The third-order valence-corrected chi connectivity index (χ3v) is 3.77. The van der Waals surface area contributed by atoms with Gasteiger partial charge in [-0.05, 0) is 43.4 Å². The highest BCUT2D eigenvalue weighted by molar-refractivity contribution is 5.33. The summed E-state index contributed by atoms with van der Waals surface area (Å²) in [5, 5.41) is 7.85. The molecule has 1 aromatic carbocycles. The molecule has 0 bridgehead atoms. The molecule has 0 amide bonds. The number of hydrogen-bond donors (Lipinski definition) is 1. The lowest BCUT2D eigenvalue weighted by molar-refractivity contribution is 0.581. The van der Waals surface area contributed by atoms with E-state index in [2.05, 4.69) is 47.4 Å². The predicted octanol–water partition coefficient (Wildman–Crippen LogP) is 2.20. The van der Waals surface area contributed by atoms with E-state index in [-0.39, 0.29) is 0 Å². The molecule has 1 heterocycles. The monoisotopic (exact) mass is 256 g/mol. The Morgan fingerprint density at radius 1 is 1.26 bits per heavy atom. The van der Waals surface area contributed by atoms with Crippen LogP contribution in [-0.4, -0.2) is 20.8 Å². The van der Waals surface area contributed by atoms with E-state index in [0.29, 0.717) is 6.04 Å². The van der Waals surface area contributed by atoms with Crippen LogP contribution in [0.3, 0.4) is 0 Å². The highest BCUT2D eigenvalue weighted by Crippen LogP contribution is 2.19. The first-order chi connectivity index (χ1) is 9.24. The van der Waals surface area contributed by atoms with Gasteiger partial charge in [0.2, 0.25) is 0 Å². The minimum Gasteiger partial charge on any atom is -0.307 e. The zero-order chi connectivity index (χ0) is 13.2. The van der Waals surface area contributed by atoms with Crippen molar-refractivity contribution in [3.63, 3.8) is 0 Å². The highest BCUT2D eigenvalue weighted by atomic mass is 15.3. The van der Waals surface area contributed by atoms with Gasteiger partial charge in [0.15, 0.2) is 0 Å². The first-order valence-corrected chi connectivity index (χ1v) is 6.89. The van der Waals surface area contributed by atoms with E-state index >= 15 is 0 Å². The van der Waals surface area contributed by atoms with Gasteiger partial charge in [-0.1, -0.05) is 18.2 Å². The second-order valence-electron chi connectivity index (χ2n) is 5.36. The first kappa shape index (κ1) is 12.4. The maximum absolute atomic E-state index is 4.36. The molecule has 0 atom stereocenters. The number of nitrogens with one attached hydrogen (secondary N) is 1. The lowest BCUT2D eigenvalue weighted by atomic mass is 10.0. The highest BCUT2D eigenvalue weighted by Gasteiger charge is 2.21. The van der Waals surface area contributed by atoms with E-state index in [1.54, 1.807) is 6.33 Å². The Bertz CT molecular complexity index is 549. The normalized spacial score (nSPS) is 14.8. The molecule has 0 saturated heterocycles. The molecule has 3 rings (SSSR count). The second kappa shape index (κ2) is 5.13. The molecule has 2 aromatic rings. The number of aryl methyl sites for hydroxylation is 2. The van der Waals surface area contributed by atoms with Crippen LogP contribution in [-0.2, 0) is 13.1 Å². The van der Waals surface area contributed by atoms with Crippen molar-refractivity contribution >= 4 is 0 Å². The first-order valence-electron chi connectivity index (χ1n) is 6.89. The topological polar surface area (TPSA) is 42.7 Å². The third kappa shape index (κ3) is 2.84. The summed E-state index contributed by atoms with van der Waals surface area (Å²) in [6, 6.07) is 7.11. The number of benzene rings is 1. The molecule has 0 radical (unpaired) electrons. The fraction of sp³-hybridized carbons (Fsp3) is 0.467. The fourth-order valence-electron chi connectivity index (χ4n) is 2.33. The average Bonchev–Trinajstić information content (AvgIpc) is 3.11. The molecular weight excluding hydrogens is 236 g/mol. The van der Waals surface area contributed by atoms with E-state index in [1.165, 1.54) is 29.5 Å². The van der Waals surface area contributed by atoms with E-state index in [4.69, 9.17) is 0 Å². The Morgan fingerprint density at radius 3 is 2.68 bits per heavy atom. The summed E-state index contributed by atoms with van der Waals surface area (Å²) < 4.78 is 2.00. The molecule has 1 aromatic heterocycles. The predicted molar refractivity (Wildman–Crippen MR) is 74.9 cm³/mol. The van der Waals surface area contributed by atoms with Crippen LogP contribution >= 0.6 is 0 Å². The van der Waals surface area contributed by atoms with Crippen molar-refractivity contribution in [3.8, 4) is 0 Å². The Kier molecular flexibility index (Phi) is 3.34. The van der Waals surface area contributed by atoms with Gasteiger partial charge in [-0.15, -0.1) is 0 Å². The van der Waals surface area contributed by atoms with Crippen LogP contribution in [0, 0.1) is 13.8 Å². The van der Waals surface area contributed by atoms with E-state index in [9.17, 15) is 0 Å². The van der Waals surface area contributed by atoms with Gasteiger partial charge in [0.25, 0.3) is 0 Å². The Balaban J connectivity index is 1.77. The average molecular weight is 256 g/mol. The number of rotatable bonds is 5. The van der Waals surface area contributed by atoms with Gasteiger partial charge in [-0.25, -0.2) is 9.67 Å². The molecule has 1 aliphatic carbocycles. The number of nitrogens with zero attached hydrogens (tertiary/aromatic N) is 3. The van der Waals surface area contributed by atoms with Gasteiger partial charge < -0.3 is 5.32 Å². The van der Waals surface area contributed by atoms with Crippen LogP contribution in [0.5, 0.6) is 0 Å². The van der Waals surface area contributed by atoms with Gasteiger partial charge >= 0.3 is 0 Å². The summed E-state index contributed by atoms with van der Waals surface area (Å²) in [5.74, 6) is 1.02. The van der Waals surface area contributed by atoms with E-state index < -0.39 is 0 Å². The molecule has 0 spiro atoms. The zero-order valence-electron chi connectivity index (χ0n) is 11.6. The van der Waals surface area contributed by atoms with Crippen molar-refractivity contribution in [1.29, 1.82) is 0 Å². The van der Waals surface area contributed by atoms with Gasteiger partial charge in [0.1, 0.15) is 12.2 Å². The molecule has 1 N–H and O–H groups in total. The lowest BCUT2D eigenvalue weighted by Gasteiger charge is -2.11. The number of aromatic nitrogens is 3. The summed E-state index contributed by atoms with van der Waals surface area (Å²) in [5.41, 5.74) is 3.98. The van der Waals surface area contributed by atoms with Crippen molar-refractivity contribution in [2.75, 3.05) is 0 Å². The molecule has 1 fully saturated rings. The van der Waals surface area contributed by atoms with E-state index in [1.807, 2.05) is 4.68 Å². The van der Waals surface area contributed by atoms with Crippen molar-refractivity contribution in [3.05, 3.63) is 47.0 Å². The standard InChI is InChI=1S/C15H20N4/c1-11-4-3-5-12(2)14(11)9-19-15(17-10-18-19)8-16-13-6-7-13/h3-5,10,13,16H,6-9H2,1-2H3. The fourth-order valence-corrected chi connectivity index (χ4v) is 2.33. The summed E-state index contributed by atoms with van der Waals surface area (Å²) >= 11 is 0. The summed E-state index contributed by atoms with van der Waals surface area (Å²) in [7, 11) is 0. The molecule has 100 valence electrons. The van der Waals surface area contributed by atoms with E-state index in [0.717, 1.165) is 18.9 Å². The second-order valence-corrected chi connectivity index (χ2v) is 5.36. The van der Waals surface area contributed by atoms with Crippen molar-refractivity contribution in [2.45, 2.75) is 45.8 Å². The van der Waals surface area contributed by atoms with Gasteiger partial charge in [0.05, 0.1) is 13.1 Å². The third-order valence-electron chi connectivity index (χ3n) is 3.77. The molecule has 0 unspecified atom stereocenters. The Hall–Kier alpha value is -1.68. The molecular formula is C15H20N4. The van der Waals surface area contributed by atoms with Gasteiger partial charge in [0, 0.05) is 6.04 Å². The van der Waals surface area contributed by atoms with Crippen LogP contribution in [0.25, 0.3) is 0 Å². The van der Waals surface area contributed by atoms with Crippen molar-refractivity contribution < 1.29 is 0 Å². The van der Waals surface area contributed by atoms with Gasteiger partial charge in [-0.3, -0.25) is 0 Å². The lowest BCUT2D eigenvalue weighted by Crippen LogP contribution is -2.20. The summed E-state index contributed by atoms with van der Waals surface area (Å²) in [6.07, 6.45) is 4.24. The minimum absolute atomic E-state index is 0.699. The largest absolute Gasteiger partial charge is 0.307 e. The molecule has 0 aliphatic heterocycles. The Morgan fingerprint density at radius 2 is 2.00 bits per heavy atom. The van der Waals surface area contributed by atoms with Crippen LogP contribution in [0.2, 0.25) is 0 Å². The molecule has 19 heavy (non-hydrogen) atoms. The van der Waals surface area contributed by atoms with Crippen LogP contribution in [0.15, 0.2) is 24.5 Å². The van der Waals surface area contributed by atoms with Gasteiger partial charge in [-0.2, -0.15) is 5.10 Å². The SMILES string of the molecule is Cc1cccc(C)c1Cn1ncnc1CNC1CC1. The van der Waals surface area contributed by atoms with Crippen LogP contribution in [0.1, 0.15) is 35.4 Å². The number of hydrogen-bond acceptors (Lipinski definition) is 3.